The highest BCUT2D eigenvalue weighted by Gasteiger charge is 2.57. The maximum absolute atomic E-state index is 12.1. The minimum Gasteiger partial charge on any atom is -0.456 e. The van der Waals surface area contributed by atoms with Crippen LogP contribution in [0.25, 0.3) is 0 Å². The molecule has 9 saturated heterocycles. The van der Waals surface area contributed by atoms with Crippen molar-refractivity contribution in [2.24, 2.45) is 5.92 Å². The van der Waals surface area contributed by atoms with Crippen LogP contribution in [0.5, 0.6) is 0 Å². The van der Waals surface area contributed by atoms with E-state index in [0.29, 0.717) is 19.3 Å². The summed E-state index contributed by atoms with van der Waals surface area (Å²) in [5.74, 6) is -0.0372. The third kappa shape index (κ3) is 7.61. The summed E-state index contributed by atoms with van der Waals surface area (Å²) in [4.78, 5) is 24.1. The molecule has 11 heterocycles. The molecule has 0 aromatic carbocycles. The summed E-state index contributed by atoms with van der Waals surface area (Å²) in [6.45, 7) is 6.40. The van der Waals surface area contributed by atoms with Crippen LogP contribution in [0.1, 0.15) is 104 Å². The number of Topliss-reactive ketones (excluding diaryl/α,β-unsaturated/α-hetero) is 1. The summed E-state index contributed by atoms with van der Waals surface area (Å²) in [6, 6.07) is 0. The number of rotatable bonds is 3. The lowest BCUT2D eigenvalue weighted by molar-refractivity contribution is -0.310. The Kier molecular flexibility index (Phi) is 10.9. The molecule has 0 spiro atoms. The topological polar surface area (TPSA) is 136 Å². The number of carbonyl (C=O) groups excluding carboxylic acids is 2. The van der Waals surface area contributed by atoms with Crippen molar-refractivity contribution in [3.05, 3.63) is 23.8 Å². The fourth-order valence-corrected chi connectivity index (χ4v) is 12.8. The molecular formula is C45H61ClO13. The van der Waals surface area contributed by atoms with Gasteiger partial charge in [0.05, 0.1) is 115 Å². The Morgan fingerprint density at radius 2 is 1.25 bits per heavy atom. The van der Waals surface area contributed by atoms with E-state index in [4.69, 9.17) is 63.7 Å². The molecule has 0 amide bonds. The number of fused-ring (bicyclic) bond motifs is 10. The van der Waals surface area contributed by atoms with Gasteiger partial charge in [-0.05, 0) is 63.9 Å². The molecule has 21 unspecified atom stereocenters. The van der Waals surface area contributed by atoms with Crippen molar-refractivity contribution in [2.45, 2.75) is 232 Å². The van der Waals surface area contributed by atoms with Crippen LogP contribution in [-0.2, 0) is 61.7 Å². The van der Waals surface area contributed by atoms with Crippen LogP contribution >= 0.6 is 11.6 Å². The largest absolute Gasteiger partial charge is 0.456 e. The Labute approximate surface area is 351 Å². The minimum absolute atomic E-state index is 0.00881. The second-order valence-electron chi connectivity index (χ2n) is 19.8. The molecule has 0 bridgehead atoms. The van der Waals surface area contributed by atoms with Gasteiger partial charge in [-0.1, -0.05) is 19.1 Å². The van der Waals surface area contributed by atoms with Gasteiger partial charge in [-0.25, -0.2) is 4.79 Å². The molecule has 9 fully saturated rings. The van der Waals surface area contributed by atoms with Crippen LogP contribution in [0.3, 0.4) is 0 Å². The summed E-state index contributed by atoms with van der Waals surface area (Å²) >= 11 is 5.78. The molecule has 0 radical (unpaired) electrons. The first kappa shape index (κ1) is 40.3. The second kappa shape index (κ2) is 15.9. The molecule has 22 atom stereocenters. The van der Waals surface area contributed by atoms with Crippen molar-refractivity contribution in [1.82, 2.24) is 0 Å². The fraction of sp³-hybridized carbons (Fsp3) is 0.867. The quantitative estimate of drug-likeness (QED) is 0.215. The van der Waals surface area contributed by atoms with Gasteiger partial charge in [-0.2, -0.15) is 0 Å². The number of ketones is 1. The number of halogens is 1. The SMILES string of the molecule is CC1=CC(=O)OC2CC3OC4C[C@@H](C)C5OC6CC7OC8(C)C/C=C\C9OC%10CC%11OC(CC(=O)CCl)CCC%11OC%10CC9OC8CC7OC6CCC5OC4CC3OC12. The Bertz CT molecular complexity index is 1670. The first-order valence-corrected chi connectivity index (χ1v) is 23.3. The van der Waals surface area contributed by atoms with Gasteiger partial charge in [-0.15, -0.1) is 11.6 Å². The maximum Gasteiger partial charge on any atom is 0.331 e. The Balaban J connectivity index is 0.734. The maximum atomic E-state index is 12.1. The molecule has 11 rings (SSSR count). The number of carbonyl (C=O) groups is 2. The van der Waals surface area contributed by atoms with E-state index < -0.39 is 5.60 Å². The fourth-order valence-electron chi connectivity index (χ4n) is 12.7. The van der Waals surface area contributed by atoms with E-state index in [-0.39, 0.29) is 146 Å². The van der Waals surface area contributed by atoms with Gasteiger partial charge in [0.2, 0.25) is 0 Å². The van der Waals surface area contributed by atoms with E-state index in [2.05, 4.69) is 26.0 Å². The van der Waals surface area contributed by atoms with Crippen molar-refractivity contribution in [3.63, 3.8) is 0 Å². The second-order valence-corrected chi connectivity index (χ2v) is 20.1. The normalized spacial score (nSPS) is 54.5. The molecule has 13 nitrogen and oxygen atoms in total. The van der Waals surface area contributed by atoms with Gasteiger partial charge in [-0.3, -0.25) is 4.79 Å². The lowest BCUT2D eigenvalue weighted by Crippen LogP contribution is -2.63. The molecule has 0 aromatic heterocycles. The van der Waals surface area contributed by atoms with Crippen molar-refractivity contribution < 1.29 is 61.7 Å². The van der Waals surface area contributed by atoms with Crippen LogP contribution < -0.4 is 0 Å². The smallest absolute Gasteiger partial charge is 0.331 e. The van der Waals surface area contributed by atoms with Crippen LogP contribution in [-0.4, -0.2) is 145 Å². The van der Waals surface area contributed by atoms with Crippen LogP contribution in [0, 0.1) is 5.92 Å². The van der Waals surface area contributed by atoms with E-state index in [1.54, 1.807) is 6.08 Å². The first-order valence-electron chi connectivity index (χ1n) is 22.8. The van der Waals surface area contributed by atoms with Crippen molar-refractivity contribution >= 4 is 23.4 Å². The van der Waals surface area contributed by atoms with Crippen molar-refractivity contribution in [3.8, 4) is 0 Å². The molecule has 59 heavy (non-hydrogen) atoms. The van der Waals surface area contributed by atoms with Crippen molar-refractivity contribution in [1.29, 1.82) is 0 Å². The molecule has 0 aliphatic carbocycles. The zero-order chi connectivity index (χ0) is 40.2. The van der Waals surface area contributed by atoms with Crippen LogP contribution in [0.4, 0.5) is 0 Å². The highest BCUT2D eigenvalue weighted by Crippen LogP contribution is 2.48. The van der Waals surface area contributed by atoms with Gasteiger partial charge >= 0.3 is 5.97 Å². The molecule has 14 heteroatoms. The van der Waals surface area contributed by atoms with Crippen LogP contribution in [0.2, 0.25) is 0 Å². The lowest BCUT2D eigenvalue weighted by Gasteiger charge is -2.55. The molecular weight excluding hydrogens is 784 g/mol. The Morgan fingerprint density at radius 1 is 0.661 bits per heavy atom. The Morgan fingerprint density at radius 3 is 2.05 bits per heavy atom. The van der Waals surface area contributed by atoms with Gasteiger partial charge < -0.3 is 52.1 Å². The molecule has 0 aromatic rings. The van der Waals surface area contributed by atoms with Gasteiger partial charge in [0.15, 0.2) is 0 Å². The predicted molar refractivity (Wildman–Crippen MR) is 209 cm³/mol. The molecule has 0 saturated carbocycles. The zero-order valence-electron chi connectivity index (χ0n) is 34.4. The van der Waals surface area contributed by atoms with E-state index >= 15 is 0 Å². The molecule has 11 aliphatic rings. The highest BCUT2D eigenvalue weighted by molar-refractivity contribution is 6.27. The molecule has 0 N–H and O–H groups in total. The summed E-state index contributed by atoms with van der Waals surface area (Å²) in [7, 11) is 0. The number of hydrogen-bond donors (Lipinski definition) is 0. The lowest BCUT2D eigenvalue weighted by atomic mass is 9.80. The third-order valence-electron chi connectivity index (χ3n) is 15.7. The van der Waals surface area contributed by atoms with E-state index in [9.17, 15) is 9.59 Å². The van der Waals surface area contributed by atoms with E-state index in [1.807, 2.05) is 6.92 Å². The number of esters is 1. The third-order valence-corrected chi connectivity index (χ3v) is 16.0. The number of hydrogen-bond acceptors (Lipinski definition) is 13. The van der Waals surface area contributed by atoms with Crippen LogP contribution in [0.15, 0.2) is 23.8 Å². The molecule has 11 aliphatic heterocycles. The van der Waals surface area contributed by atoms with Crippen molar-refractivity contribution in [2.75, 3.05) is 5.88 Å². The standard InChI is InChI=1S/C45H61ClO13/c1-21-11-29-33(16-37-36(54-29)18-40-44(58-37)22(2)12-42(48)56-40)53-28-9-8-27-32(57-43(21)28)17-39-38(52-27)19-41-45(3,59-39)10-4-5-25-31(55-41)15-35-34(50-25)14-30-26(51-35)7-6-24(49-30)13-23(47)20-46/h4-5,12,21,24-41,43-44H,6-11,13-20H2,1-3H3/b5-4-/t21-,24?,25?,26?,27?,28?,29?,30?,31?,32?,33?,34?,35?,36?,37?,38?,39?,40?,41?,43?,44?,45?/m1/s1. The van der Waals surface area contributed by atoms with E-state index in [0.717, 1.165) is 69.8 Å². The summed E-state index contributed by atoms with van der Waals surface area (Å²) in [5.41, 5.74) is 0.388. The summed E-state index contributed by atoms with van der Waals surface area (Å²) < 4.78 is 74.0. The first-order chi connectivity index (χ1) is 28.6. The van der Waals surface area contributed by atoms with Gasteiger partial charge in [0, 0.05) is 51.0 Å². The average Bonchev–Trinajstić information content (AvgIpc) is 3.45. The number of alkyl halides is 1. The molecule has 326 valence electrons. The van der Waals surface area contributed by atoms with E-state index in [1.165, 1.54) is 0 Å². The highest BCUT2D eigenvalue weighted by atomic mass is 35.5. The monoisotopic (exact) mass is 844 g/mol. The summed E-state index contributed by atoms with van der Waals surface area (Å²) in [6.07, 6.45) is 13.2. The average molecular weight is 845 g/mol. The predicted octanol–water partition coefficient (Wildman–Crippen LogP) is 4.99. The zero-order valence-corrected chi connectivity index (χ0v) is 35.2. The Hall–Kier alpha value is -1.49. The summed E-state index contributed by atoms with van der Waals surface area (Å²) in [5, 5.41) is 0. The van der Waals surface area contributed by atoms with Gasteiger partial charge in [0.1, 0.15) is 24.1 Å². The number of ether oxygens (including phenoxy) is 11. The minimum atomic E-state index is -0.525. The van der Waals surface area contributed by atoms with Gasteiger partial charge in [0.25, 0.3) is 0 Å².